The van der Waals surface area contributed by atoms with Gasteiger partial charge in [0.1, 0.15) is 5.82 Å². The first-order valence-corrected chi connectivity index (χ1v) is 8.38. The van der Waals surface area contributed by atoms with Gasteiger partial charge in [-0.1, -0.05) is 13.0 Å². The van der Waals surface area contributed by atoms with Gasteiger partial charge in [0.25, 0.3) is 0 Å². The minimum atomic E-state index is 0.361. The highest BCUT2D eigenvalue weighted by molar-refractivity contribution is 7.99. The van der Waals surface area contributed by atoms with Crippen molar-refractivity contribution in [3.8, 4) is 0 Å². The maximum atomic E-state index is 4.63. The largest absolute Gasteiger partial charge is 0.356 e. The first kappa shape index (κ1) is 14.7. The number of anilines is 1. The smallest absolute Gasteiger partial charge is 0.133 e. The standard InChI is InChI=1S/C15H25N3S/c1-4-8-16-12(2)14-6-5-9-17-15(14)18(3)13-7-10-19-11-13/h5-6,9,12-13,16H,4,7-8,10-11H2,1-3H3. The van der Waals surface area contributed by atoms with Gasteiger partial charge in [0.2, 0.25) is 0 Å². The van der Waals surface area contributed by atoms with Gasteiger partial charge in [-0.2, -0.15) is 11.8 Å². The van der Waals surface area contributed by atoms with Crippen molar-refractivity contribution in [2.24, 2.45) is 0 Å². The molecular weight excluding hydrogens is 254 g/mol. The van der Waals surface area contributed by atoms with E-state index in [1.165, 1.54) is 23.5 Å². The van der Waals surface area contributed by atoms with E-state index in [0.717, 1.165) is 18.8 Å². The molecule has 1 N–H and O–H groups in total. The summed E-state index contributed by atoms with van der Waals surface area (Å²) in [4.78, 5) is 7.00. The Hall–Kier alpha value is -0.740. The van der Waals surface area contributed by atoms with E-state index in [-0.39, 0.29) is 0 Å². The molecule has 1 aliphatic heterocycles. The van der Waals surface area contributed by atoms with Crippen LogP contribution < -0.4 is 10.2 Å². The summed E-state index contributed by atoms with van der Waals surface area (Å²) in [5.74, 6) is 3.65. The first-order chi connectivity index (χ1) is 9.24. The molecule has 1 aromatic rings. The Kier molecular flexibility index (Phi) is 5.52. The summed E-state index contributed by atoms with van der Waals surface area (Å²) in [5.41, 5.74) is 1.32. The van der Waals surface area contributed by atoms with Gasteiger partial charge in [-0.3, -0.25) is 0 Å². The summed E-state index contributed by atoms with van der Waals surface area (Å²) in [7, 11) is 2.19. The third-order valence-electron chi connectivity index (χ3n) is 3.77. The second-order valence-electron chi connectivity index (χ2n) is 5.22. The third kappa shape index (κ3) is 3.63. The maximum Gasteiger partial charge on any atom is 0.133 e. The molecule has 0 aliphatic carbocycles. The second-order valence-corrected chi connectivity index (χ2v) is 6.37. The van der Waals surface area contributed by atoms with Crippen molar-refractivity contribution in [3.05, 3.63) is 23.9 Å². The van der Waals surface area contributed by atoms with E-state index in [4.69, 9.17) is 0 Å². The lowest BCUT2D eigenvalue weighted by Gasteiger charge is -2.28. The normalized spacial score (nSPS) is 20.5. The van der Waals surface area contributed by atoms with Gasteiger partial charge in [0, 0.05) is 36.6 Å². The molecule has 3 nitrogen and oxygen atoms in total. The molecule has 106 valence electrons. The molecule has 0 aromatic carbocycles. The number of thioether (sulfide) groups is 1. The Bertz CT molecular complexity index is 391. The molecule has 2 unspecified atom stereocenters. The van der Waals surface area contributed by atoms with Gasteiger partial charge in [-0.25, -0.2) is 4.98 Å². The lowest BCUT2D eigenvalue weighted by molar-refractivity contribution is 0.565. The number of nitrogens with one attached hydrogen (secondary N) is 1. The van der Waals surface area contributed by atoms with Gasteiger partial charge < -0.3 is 10.2 Å². The van der Waals surface area contributed by atoms with Crippen LogP contribution in [0.5, 0.6) is 0 Å². The van der Waals surface area contributed by atoms with Gasteiger partial charge in [0.15, 0.2) is 0 Å². The van der Waals surface area contributed by atoms with Crippen LogP contribution in [0.3, 0.4) is 0 Å². The molecule has 19 heavy (non-hydrogen) atoms. The van der Waals surface area contributed by atoms with E-state index in [2.05, 4.69) is 42.2 Å². The van der Waals surface area contributed by atoms with Gasteiger partial charge in [-0.05, 0) is 38.1 Å². The molecule has 1 aliphatic rings. The van der Waals surface area contributed by atoms with Crippen LogP contribution in [-0.4, -0.2) is 36.1 Å². The van der Waals surface area contributed by atoms with E-state index < -0.39 is 0 Å². The van der Waals surface area contributed by atoms with Crippen LogP contribution in [0.1, 0.15) is 38.3 Å². The molecule has 1 saturated heterocycles. The molecule has 1 aromatic heterocycles. The molecule has 2 rings (SSSR count). The van der Waals surface area contributed by atoms with Crippen molar-refractivity contribution < 1.29 is 0 Å². The maximum absolute atomic E-state index is 4.63. The molecule has 2 atom stereocenters. The predicted octanol–water partition coefficient (Wildman–Crippen LogP) is 3.08. The van der Waals surface area contributed by atoms with Crippen molar-refractivity contribution >= 4 is 17.6 Å². The molecule has 0 bridgehead atoms. The second kappa shape index (κ2) is 7.15. The summed E-state index contributed by atoms with van der Waals surface area (Å²) in [6.07, 6.45) is 4.34. The topological polar surface area (TPSA) is 28.2 Å². The van der Waals surface area contributed by atoms with Crippen molar-refractivity contribution in [1.82, 2.24) is 10.3 Å². The summed E-state index contributed by atoms with van der Waals surface area (Å²) in [6.45, 7) is 5.48. The average Bonchev–Trinajstić information content (AvgIpc) is 2.98. The molecule has 1 fully saturated rings. The average molecular weight is 279 g/mol. The number of aromatic nitrogens is 1. The van der Waals surface area contributed by atoms with Crippen LogP contribution in [0, 0.1) is 0 Å². The van der Waals surface area contributed by atoms with Crippen molar-refractivity contribution in [1.29, 1.82) is 0 Å². The first-order valence-electron chi connectivity index (χ1n) is 7.23. The highest BCUT2D eigenvalue weighted by Crippen LogP contribution is 2.29. The Morgan fingerprint density at radius 2 is 2.42 bits per heavy atom. The Balaban J connectivity index is 2.14. The lowest BCUT2D eigenvalue weighted by atomic mass is 10.1. The van der Waals surface area contributed by atoms with Crippen LogP contribution in [0.4, 0.5) is 5.82 Å². The Morgan fingerprint density at radius 1 is 1.58 bits per heavy atom. The summed E-state index contributed by atoms with van der Waals surface area (Å²) in [5, 5.41) is 3.56. The molecular formula is C15H25N3S. The van der Waals surface area contributed by atoms with Crippen molar-refractivity contribution in [2.75, 3.05) is 30.0 Å². The van der Waals surface area contributed by atoms with Crippen LogP contribution >= 0.6 is 11.8 Å². The van der Waals surface area contributed by atoms with Crippen LogP contribution in [0.25, 0.3) is 0 Å². The van der Waals surface area contributed by atoms with Gasteiger partial charge in [0.05, 0.1) is 0 Å². The molecule has 0 saturated carbocycles. The van der Waals surface area contributed by atoms with Crippen LogP contribution in [0.2, 0.25) is 0 Å². The fraction of sp³-hybridized carbons (Fsp3) is 0.667. The van der Waals surface area contributed by atoms with Crippen molar-refractivity contribution in [3.63, 3.8) is 0 Å². The van der Waals surface area contributed by atoms with Crippen molar-refractivity contribution in [2.45, 2.75) is 38.8 Å². The predicted molar refractivity (Wildman–Crippen MR) is 85.1 cm³/mol. The minimum absolute atomic E-state index is 0.361. The number of rotatable bonds is 6. The quantitative estimate of drug-likeness (QED) is 0.866. The fourth-order valence-electron chi connectivity index (χ4n) is 2.51. The number of hydrogen-bond acceptors (Lipinski definition) is 4. The molecule has 0 radical (unpaired) electrons. The monoisotopic (exact) mass is 279 g/mol. The molecule has 4 heteroatoms. The number of nitrogens with zero attached hydrogens (tertiary/aromatic N) is 2. The van der Waals surface area contributed by atoms with E-state index >= 15 is 0 Å². The molecule has 2 heterocycles. The van der Waals surface area contributed by atoms with Crippen LogP contribution in [-0.2, 0) is 0 Å². The van der Waals surface area contributed by atoms with E-state index in [1.54, 1.807) is 0 Å². The zero-order valence-electron chi connectivity index (χ0n) is 12.2. The van der Waals surface area contributed by atoms with Gasteiger partial charge in [-0.15, -0.1) is 0 Å². The Labute approximate surface area is 121 Å². The number of pyridine rings is 1. The van der Waals surface area contributed by atoms with E-state index in [0.29, 0.717) is 12.1 Å². The fourth-order valence-corrected chi connectivity index (χ4v) is 3.78. The zero-order chi connectivity index (χ0) is 13.7. The van der Waals surface area contributed by atoms with E-state index in [1.807, 2.05) is 24.0 Å². The molecule has 0 amide bonds. The Morgan fingerprint density at radius 3 is 3.11 bits per heavy atom. The lowest BCUT2D eigenvalue weighted by Crippen LogP contribution is -2.34. The summed E-state index contributed by atoms with van der Waals surface area (Å²) in [6, 6.07) is 5.24. The summed E-state index contributed by atoms with van der Waals surface area (Å²) >= 11 is 2.05. The van der Waals surface area contributed by atoms with E-state index in [9.17, 15) is 0 Å². The number of hydrogen-bond donors (Lipinski definition) is 1. The highest BCUT2D eigenvalue weighted by atomic mass is 32.2. The highest BCUT2D eigenvalue weighted by Gasteiger charge is 2.23. The zero-order valence-corrected chi connectivity index (χ0v) is 13.0. The van der Waals surface area contributed by atoms with Crippen LogP contribution in [0.15, 0.2) is 18.3 Å². The summed E-state index contributed by atoms with van der Waals surface area (Å²) < 4.78 is 0. The minimum Gasteiger partial charge on any atom is -0.356 e. The van der Waals surface area contributed by atoms with Gasteiger partial charge >= 0.3 is 0 Å². The third-order valence-corrected chi connectivity index (χ3v) is 4.92. The SMILES string of the molecule is CCCNC(C)c1cccnc1N(C)C1CCSC1. The molecule has 0 spiro atoms.